The molecule has 1 saturated heterocycles. The molecule has 0 saturated carbocycles. The highest BCUT2D eigenvalue weighted by atomic mass is 19.4. The fraction of sp³-hybridized carbons (Fsp3) is 0.265. The number of para-hydroxylation sites is 1. The largest absolute Gasteiger partial charge is 0.416 e. The average molecular weight is 661 g/mol. The van der Waals surface area contributed by atoms with Gasteiger partial charge >= 0.3 is 6.18 Å². The predicted octanol–water partition coefficient (Wildman–Crippen LogP) is 4.69. The van der Waals surface area contributed by atoms with E-state index in [4.69, 9.17) is 9.84 Å². The van der Waals surface area contributed by atoms with Crippen molar-refractivity contribution in [2.75, 3.05) is 31.2 Å². The minimum Gasteiger partial charge on any atom is -0.377 e. The Kier molecular flexibility index (Phi) is 8.72. The SMILES string of the molecule is CCN1C(=O)[C@H](NC(=O)c2cccc(C(F)(F)F)c2)[C@H](c2ccc(F)cc2)c2c(C(=O)N(CC#N)C3COC3)nn(-c3ccccc3)c21. The summed E-state index contributed by atoms with van der Waals surface area (Å²) in [6.45, 7) is 1.86. The van der Waals surface area contributed by atoms with Crippen molar-refractivity contribution in [1.82, 2.24) is 20.0 Å². The first kappa shape index (κ1) is 32.4. The van der Waals surface area contributed by atoms with Crippen LogP contribution in [0.1, 0.15) is 50.4 Å². The van der Waals surface area contributed by atoms with E-state index in [2.05, 4.69) is 5.32 Å². The van der Waals surface area contributed by atoms with Crippen molar-refractivity contribution in [3.8, 4) is 11.8 Å². The van der Waals surface area contributed by atoms with Crippen molar-refractivity contribution in [1.29, 1.82) is 5.26 Å². The van der Waals surface area contributed by atoms with E-state index in [1.165, 1.54) is 32.7 Å². The molecule has 14 heteroatoms. The lowest BCUT2D eigenvalue weighted by molar-refractivity contribution is -0.137. The zero-order valence-electron chi connectivity index (χ0n) is 25.4. The van der Waals surface area contributed by atoms with Crippen molar-refractivity contribution in [3.63, 3.8) is 0 Å². The molecule has 0 spiro atoms. The van der Waals surface area contributed by atoms with Gasteiger partial charge in [-0.3, -0.25) is 19.3 Å². The molecule has 0 radical (unpaired) electrons. The Morgan fingerprint density at radius 3 is 2.38 bits per heavy atom. The lowest BCUT2D eigenvalue weighted by Gasteiger charge is -2.39. The molecule has 1 fully saturated rings. The fourth-order valence-corrected chi connectivity index (χ4v) is 5.98. The van der Waals surface area contributed by atoms with Crippen LogP contribution in [0.3, 0.4) is 0 Å². The first-order chi connectivity index (χ1) is 23.0. The van der Waals surface area contributed by atoms with Crippen LogP contribution in [0.4, 0.5) is 23.4 Å². The molecule has 3 aromatic carbocycles. The quantitative estimate of drug-likeness (QED) is 0.216. The van der Waals surface area contributed by atoms with E-state index < -0.39 is 53.3 Å². The molecular formula is C34H28F4N6O4. The summed E-state index contributed by atoms with van der Waals surface area (Å²) in [5.41, 5.74) is -0.458. The van der Waals surface area contributed by atoms with Gasteiger partial charge in [0.1, 0.15) is 24.2 Å². The number of benzene rings is 3. The highest BCUT2D eigenvalue weighted by Crippen LogP contribution is 2.44. The van der Waals surface area contributed by atoms with Crippen LogP contribution in [0.5, 0.6) is 0 Å². The molecule has 3 amide bonds. The van der Waals surface area contributed by atoms with E-state index in [0.29, 0.717) is 17.3 Å². The first-order valence-electron chi connectivity index (χ1n) is 15.0. The number of nitriles is 1. The number of anilines is 1. The second kappa shape index (κ2) is 12.9. The highest BCUT2D eigenvalue weighted by molar-refractivity contribution is 6.07. The van der Waals surface area contributed by atoms with Crippen LogP contribution in [0.25, 0.3) is 5.69 Å². The number of ether oxygens (including phenoxy) is 1. The van der Waals surface area contributed by atoms with Gasteiger partial charge in [-0.25, -0.2) is 9.07 Å². The summed E-state index contributed by atoms with van der Waals surface area (Å²) in [6, 6.07) is 17.8. The number of hydrogen-bond donors (Lipinski definition) is 1. The standard InChI is InChI=1S/C34H28F4N6O4/c1-2-42-31-27(29(41-44(31)24-9-4-3-5-10-24)33(47)43(16-15-39)25-18-48-19-25)26(20-11-13-23(35)14-12-20)28(32(42)46)40-30(45)21-7-6-8-22(17-21)34(36,37)38/h3-14,17,25-26,28H,2,16,18-19H2,1H3,(H,40,45)/t26-,28-/m1/s1. The van der Waals surface area contributed by atoms with Gasteiger partial charge in [0.05, 0.1) is 36.6 Å². The van der Waals surface area contributed by atoms with Gasteiger partial charge in [-0.1, -0.05) is 36.4 Å². The molecule has 2 aliphatic heterocycles. The lowest BCUT2D eigenvalue weighted by Crippen LogP contribution is -2.56. The molecule has 6 rings (SSSR count). The Morgan fingerprint density at radius 1 is 1.06 bits per heavy atom. The van der Waals surface area contributed by atoms with Gasteiger partial charge < -0.3 is 15.0 Å². The van der Waals surface area contributed by atoms with Crippen molar-refractivity contribution in [3.05, 3.63) is 113 Å². The molecule has 0 bridgehead atoms. The minimum atomic E-state index is -4.72. The van der Waals surface area contributed by atoms with Gasteiger partial charge in [-0.15, -0.1) is 0 Å². The van der Waals surface area contributed by atoms with Crippen LogP contribution in [-0.2, 0) is 15.7 Å². The molecule has 0 aliphatic carbocycles. The van der Waals surface area contributed by atoms with Gasteiger partial charge in [0.15, 0.2) is 5.69 Å². The maximum Gasteiger partial charge on any atom is 0.416 e. The molecule has 4 aromatic rings. The van der Waals surface area contributed by atoms with Crippen molar-refractivity contribution >= 4 is 23.5 Å². The van der Waals surface area contributed by atoms with E-state index in [-0.39, 0.29) is 48.9 Å². The first-order valence-corrected chi connectivity index (χ1v) is 15.0. The molecule has 1 aromatic heterocycles. The molecule has 10 nitrogen and oxygen atoms in total. The van der Waals surface area contributed by atoms with E-state index in [1.807, 2.05) is 6.07 Å². The van der Waals surface area contributed by atoms with E-state index in [9.17, 15) is 37.2 Å². The van der Waals surface area contributed by atoms with Gasteiger partial charge in [-0.05, 0) is 55.0 Å². The van der Waals surface area contributed by atoms with Crippen molar-refractivity contribution in [2.24, 2.45) is 0 Å². The zero-order valence-corrected chi connectivity index (χ0v) is 25.4. The van der Waals surface area contributed by atoms with Crippen LogP contribution in [-0.4, -0.2) is 70.8 Å². The van der Waals surface area contributed by atoms with Crippen LogP contribution >= 0.6 is 0 Å². The maximum absolute atomic E-state index is 14.4. The van der Waals surface area contributed by atoms with Crippen molar-refractivity contribution < 1.29 is 36.7 Å². The lowest BCUT2D eigenvalue weighted by atomic mass is 9.80. The third-order valence-corrected chi connectivity index (χ3v) is 8.38. The number of hydrogen-bond acceptors (Lipinski definition) is 6. The molecule has 246 valence electrons. The van der Waals surface area contributed by atoms with Crippen LogP contribution in [0.2, 0.25) is 0 Å². The second-order valence-corrected chi connectivity index (χ2v) is 11.3. The summed E-state index contributed by atoms with van der Waals surface area (Å²) < 4.78 is 61.4. The number of nitrogens with zero attached hydrogens (tertiary/aromatic N) is 5. The Hall–Kier alpha value is -5.55. The fourth-order valence-electron chi connectivity index (χ4n) is 5.98. The number of halogens is 4. The number of aromatic nitrogens is 2. The molecule has 2 aliphatic rings. The molecule has 3 heterocycles. The van der Waals surface area contributed by atoms with Crippen LogP contribution in [0.15, 0.2) is 78.9 Å². The van der Waals surface area contributed by atoms with Crippen LogP contribution in [0, 0.1) is 17.1 Å². The number of carbonyl (C=O) groups is 3. The average Bonchev–Trinajstić information content (AvgIpc) is 3.44. The predicted molar refractivity (Wildman–Crippen MR) is 164 cm³/mol. The number of carbonyl (C=O) groups excluding carboxylic acids is 3. The summed E-state index contributed by atoms with van der Waals surface area (Å²) in [5, 5.41) is 16.9. The van der Waals surface area contributed by atoms with Crippen LogP contribution < -0.4 is 10.2 Å². The monoisotopic (exact) mass is 660 g/mol. The third-order valence-electron chi connectivity index (χ3n) is 8.38. The van der Waals surface area contributed by atoms with Gasteiger partial charge in [-0.2, -0.15) is 23.5 Å². The van der Waals surface area contributed by atoms with E-state index >= 15 is 0 Å². The summed E-state index contributed by atoms with van der Waals surface area (Å²) in [7, 11) is 0. The Morgan fingerprint density at radius 2 is 1.77 bits per heavy atom. The number of alkyl halides is 3. The van der Waals surface area contributed by atoms with Gasteiger partial charge in [0.25, 0.3) is 17.7 Å². The Balaban J connectivity index is 1.57. The molecule has 0 unspecified atom stereocenters. The van der Waals surface area contributed by atoms with Gasteiger partial charge in [0.2, 0.25) is 0 Å². The number of nitrogens with one attached hydrogen (secondary N) is 1. The topological polar surface area (TPSA) is 121 Å². The smallest absolute Gasteiger partial charge is 0.377 e. The number of likely N-dealkylation sites (N-methyl/N-ethyl adjacent to an activating group) is 1. The number of fused-ring (bicyclic) bond motifs is 1. The summed E-state index contributed by atoms with van der Waals surface area (Å²) in [5.74, 6) is -3.73. The number of amides is 3. The zero-order chi connectivity index (χ0) is 34.2. The van der Waals surface area contributed by atoms with Crippen molar-refractivity contribution in [2.45, 2.75) is 31.1 Å². The Labute approximate surface area is 272 Å². The molecule has 1 N–H and O–H groups in total. The molecule has 48 heavy (non-hydrogen) atoms. The maximum atomic E-state index is 14.4. The third kappa shape index (κ3) is 5.88. The Bertz CT molecular complexity index is 1900. The van der Waals surface area contributed by atoms with Gasteiger partial charge in [0, 0.05) is 23.6 Å². The summed E-state index contributed by atoms with van der Waals surface area (Å²) >= 11 is 0. The summed E-state index contributed by atoms with van der Waals surface area (Å²) in [4.78, 5) is 45.0. The molecule has 2 atom stereocenters. The van der Waals surface area contributed by atoms with E-state index in [0.717, 1.165) is 24.3 Å². The minimum absolute atomic E-state index is 0.0580. The normalized spacial score (nSPS) is 17.7. The number of rotatable bonds is 8. The van der Waals surface area contributed by atoms with E-state index in [1.54, 1.807) is 37.3 Å². The summed E-state index contributed by atoms with van der Waals surface area (Å²) in [6.07, 6.45) is -4.72. The highest BCUT2D eigenvalue weighted by Gasteiger charge is 2.48. The second-order valence-electron chi connectivity index (χ2n) is 11.3. The molecular weight excluding hydrogens is 632 g/mol.